The highest BCUT2D eigenvalue weighted by Crippen LogP contribution is 2.27. The number of ether oxygens (including phenoxy) is 1. The molecule has 0 saturated carbocycles. The Balaban J connectivity index is 1.81. The molecule has 0 spiro atoms. The maximum Gasteiger partial charge on any atom is 0.270 e. The van der Waals surface area contributed by atoms with Gasteiger partial charge in [0.05, 0.1) is 13.1 Å². The van der Waals surface area contributed by atoms with Gasteiger partial charge in [0.15, 0.2) is 12.2 Å². The maximum absolute atomic E-state index is 12.8. The Morgan fingerprint density at radius 3 is 2.74 bits per heavy atom. The SMILES string of the molecule is O=C(COc1cccc(F)c1)N1CC(O)(C(F)F)C1. The van der Waals surface area contributed by atoms with Crippen LogP contribution in [0.2, 0.25) is 0 Å². The van der Waals surface area contributed by atoms with E-state index in [-0.39, 0.29) is 12.4 Å². The minimum Gasteiger partial charge on any atom is -0.484 e. The van der Waals surface area contributed by atoms with Gasteiger partial charge in [-0.1, -0.05) is 6.07 Å². The van der Waals surface area contributed by atoms with E-state index in [0.717, 1.165) is 11.0 Å². The van der Waals surface area contributed by atoms with Crippen LogP contribution in [0.25, 0.3) is 0 Å². The molecule has 1 aliphatic rings. The van der Waals surface area contributed by atoms with E-state index in [9.17, 15) is 23.1 Å². The third-order valence-corrected chi connectivity index (χ3v) is 2.85. The molecule has 104 valence electrons. The predicted octanol–water partition coefficient (Wildman–Crippen LogP) is 1.04. The van der Waals surface area contributed by atoms with Gasteiger partial charge < -0.3 is 14.7 Å². The number of alkyl halides is 2. The number of aliphatic hydroxyl groups is 1. The van der Waals surface area contributed by atoms with Gasteiger partial charge in [0, 0.05) is 6.07 Å². The Bertz CT molecular complexity index is 475. The van der Waals surface area contributed by atoms with Crippen LogP contribution in [0.3, 0.4) is 0 Å². The fraction of sp³-hybridized carbons (Fsp3) is 0.417. The van der Waals surface area contributed by atoms with Crippen LogP contribution in [0.1, 0.15) is 0 Å². The number of carbonyl (C=O) groups excluding carboxylic acids is 1. The number of nitrogens with zero attached hydrogens (tertiary/aromatic N) is 1. The number of β-amino-alcohol motifs (C(OH)–C–C–N with tert-alkyl or cyclic N) is 1. The molecular weight excluding hydrogens is 263 g/mol. The van der Waals surface area contributed by atoms with Crippen molar-refractivity contribution in [1.82, 2.24) is 4.90 Å². The zero-order valence-corrected chi connectivity index (χ0v) is 9.85. The van der Waals surface area contributed by atoms with E-state index in [1.54, 1.807) is 0 Å². The molecule has 1 aliphatic heterocycles. The monoisotopic (exact) mass is 275 g/mol. The Hall–Kier alpha value is -1.76. The molecule has 0 aromatic heterocycles. The molecule has 1 aromatic rings. The van der Waals surface area contributed by atoms with Gasteiger partial charge in [-0.2, -0.15) is 0 Å². The van der Waals surface area contributed by atoms with E-state index in [1.165, 1.54) is 18.2 Å². The average molecular weight is 275 g/mol. The molecule has 2 rings (SSSR count). The average Bonchev–Trinajstić information content (AvgIpc) is 2.32. The van der Waals surface area contributed by atoms with Crippen molar-refractivity contribution in [1.29, 1.82) is 0 Å². The van der Waals surface area contributed by atoms with Gasteiger partial charge in [-0.3, -0.25) is 4.79 Å². The van der Waals surface area contributed by atoms with Crippen molar-refractivity contribution in [2.75, 3.05) is 19.7 Å². The minimum atomic E-state index is -2.89. The summed E-state index contributed by atoms with van der Waals surface area (Å²) in [5.74, 6) is -0.853. The molecule has 1 aromatic carbocycles. The maximum atomic E-state index is 12.8. The number of halogens is 3. The van der Waals surface area contributed by atoms with Crippen LogP contribution in [0.15, 0.2) is 24.3 Å². The Labute approximate surface area is 107 Å². The van der Waals surface area contributed by atoms with Gasteiger partial charge in [-0.25, -0.2) is 13.2 Å². The largest absolute Gasteiger partial charge is 0.484 e. The van der Waals surface area contributed by atoms with Crippen LogP contribution < -0.4 is 4.74 Å². The van der Waals surface area contributed by atoms with Gasteiger partial charge in [-0.15, -0.1) is 0 Å². The third-order valence-electron chi connectivity index (χ3n) is 2.85. The second kappa shape index (κ2) is 5.08. The van der Waals surface area contributed by atoms with Gasteiger partial charge in [-0.05, 0) is 12.1 Å². The number of benzene rings is 1. The van der Waals surface area contributed by atoms with E-state index < -0.39 is 36.8 Å². The van der Waals surface area contributed by atoms with Crippen LogP contribution in [-0.4, -0.2) is 47.6 Å². The number of amides is 1. The van der Waals surface area contributed by atoms with Crippen LogP contribution >= 0.6 is 0 Å². The minimum absolute atomic E-state index is 0.179. The molecule has 0 unspecified atom stereocenters. The van der Waals surface area contributed by atoms with E-state index in [1.807, 2.05) is 0 Å². The van der Waals surface area contributed by atoms with Crippen molar-refractivity contribution >= 4 is 5.91 Å². The summed E-state index contributed by atoms with van der Waals surface area (Å²) in [6.07, 6.45) is -2.89. The molecule has 1 N–H and O–H groups in total. The lowest BCUT2D eigenvalue weighted by atomic mass is 9.95. The summed E-state index contributed by atoms with van der Waals surface area (Å²) in [6, 6.07) is 5.24. The molecule has 1 fully saturated rings. The van der Waals surface area contributed by atoms with E-state index in [4.69, 9.17) is 4.74 Å². The Morgan fingerprint density at radius 2 is 2.16 bits per heavy atom. The highest BCUT2D eigenvalue weighted by atomic mass is 19.3. The first kappa shape index (κ1) is 13.7. The Kier molecular flexibility index (Phi) is 3.66. The fourth-order valence-corrected chi connectivity index (χ4v) is 1.72. The Morgan fingerprint density at radius 1 is 1.47 bits per heavy atom. The first-order valence-corrected chi connectivity index (χ1v) is 5.57. The van der Waals surface area contributed by atoms with Gasteiger partial charge in [0.2, 0.25) is 0 Å². The molecule has 1 saturated heterocycles. The van der Waals surface area contributed by atoms with Crippen molar-refractivity contribution in [2.45, 2.75) is 12.0 Å². The lowest BCUT2D eigenvalue weighted by Gasteiger charge is -2.45. The highest BCUT2D eigenvalue weighted by Gasteiger charge is 2.50. The number of likely N-dealkylation sites (tertiary alicyclic amines) is 1. The number of hydrogen-bond acceptors (Lipinski definition) is 3. The fourth-order valence-electron chi connectivity index (χ4n) is 1.72. The molecule has 19 heavy (non-hydrogen) atoms. The van der Waals surface area contributed by atoms with Crippen molar-refractivity contribution in [3.05, 3.63) is 30.1 Å². The van der Waals surface area contributed by atoms with E-state index in [2.05, 4.69) is 0 Å². The van der Waals surface area contributed by atoms with Crippen LogP contribution in [-0.2, 0) is 4.79 Å². The van der Waals surface area contributed by atoms with Crippen LogP contribution in [0.4, 0.5) is 13.2 Å². The number of carbonyl (C=O) groups is 1. The first-order valence-electron chi connectivity index (χ1n) is 5.57. The summed E-state index contributed by atoms with van der Waals surface area (Å²) in [5.41, 5.74) is -2.12. The zero-order valence-electron chi connectivity index (χ0n) is 9.85. The molecule has 0 radical (unpaired) electrons. The number of hydrogen-bond donors (Lipinski definition) is 1. The lowest BCUT2D eigenvalue weighted by Crippen LogP contribution is -2.67. The molecule has 7 heteroatoms. The van der Waals surface area contributed by atoms with Crippen molar-refractivity contribution < 1.29 is 27.8 Å². The third kappa shape index (κ3) is 2.98. The van der Waals surface area contributed by atoms with Crippen molar-refractivity contribution in [3.63, 3.8) is 0 Å². The first-order chi connectivity index (χ1) is 8.90. The van der Waals surface area contributed by atoms with Crippen LogP contribution in [0.5, 0.6) is 5.75 Å². The normalized spacial score (nSPS) is 17.2. The van der Waals surface area contributed by atoms with Gasteiger partial charge in [0.25, 0.3) is 12.3 Å². The summed E-state index contributed by atoms with van der Waals surface area (Å²) in [5, 5.41) is 9.29. The molecule has 0 aliphatic carbocycles. The molecular formula is C12H12F3NO3. The topological polar surface area (TPSA) is 49.8 Å². The second-order valence-corrected chi connectivity index (χ2v) is 4.40. The van der Waals surface area contributed by atoms with E-state index in [0.29, 0.717) is 0 Å². The molecule has 1 heterocycles. The molecule has 0 bridgehead atoms. The molecule has 1 amide bonds. The summed E-state index contributed by atoms with van der Waals surface area (Å²) in [7, 11) is 0. The highest BCUT2D eigenvalue weighted by molar-refractivity contribution is 5.79. The van der Waals surface area contributed by atoms with Crippen molar-refractivity contribution in [2.24, 2.45) is 0 Å². The lowest BCUT2D eigenvalue weighted by molar-refractivity contribution is -0.189. The zero-order chi connectivity index (χ0) is 14.0. The number of rotatable bonds is 4. The summed E-state index contributed by atoms with van der Waals surface area (Å²) in [4.78, 5) is 12.6. The van der Waals surface area contributed by atoms with Gasteiger partial charge in [0.1, 0.15) is 11.6 Å². The molecule has 0 atom stereocenters. The quantitative estimate of drug-likeness (QED) is 0.893. The standard InChI is InChI=1S/C12H12F3NO3/c13-8-2-1-3-9(4-8)19-5-10(17)16-6-12(18,7-16)11(14)15/h1-4,11,18H,5-7H2. The summed E-state index contributed by atoms with van der Waals surface area (Å²) >= 11 is 0. The molecule has 4 nitrogen and oxygen atoms in total. The summed E-state index contributed by atoms with van der Waals surface area (Å²) in [6.45, 7) is -1.23. The van der Waals surface area contributed by atoms with E-state index >= 15 is 0 Å². The second-order valence-electron chi connectivity index (χ2n) is 4.40. The van der Waals surface area contributed by atoms with Crippen LogP contribution in [0, 0.1) is 5.82 Å². The summed E-state index contributed by atoms with van der Waals surface area (Å²) < 4.78 is 42.5. The predicted molar refractivity (Wildman–Crippen MR) is 59.4 cm³/mol. The smallest absolute Gasteiger partial charge is 0.270 e. The van der Waals surface area contributed by atoms with Crippen molar-refractivity contribution in [3.8, 4) is 5.75 Å². The van der Waals surface area contributed by atoms with Gasteiger partial charge >= 0.3 is 0 Å².